The van der Waals surface area contributed by atoms with Crippen LogP contribution in [0, 0.1) is 17.7 Å². The Balaban J connectivity index is 1.90. The standard InChI is InChI=1S/C25H30FN3O7/c1-9(2)28-8-11-7-14(30)16-12(18(11)26)5-10-6-13-19(29(3)4)21(32)17(24(27)35)23(34)25(13,36)22(33)15(10)20(16)31/h7,9-10,13,19,28,30,32-33,36H,5-6,8H2,1-4H3,(H2,27,35)/t10-,13-,19-,25-/m0/s1. The van der Waals surface area contributed by atoms with Gasteiger partial charge in [-0.3, -0.25) is 19.3 Å². The number of halogens is 1. The molecule has 0 saturated heterocycles. The minimum Gasteiger partial charge on any atom is -0.510 e. The lowest BCUT2D eigenvalue weighted by molar-refractivity contribution is -0.148. The molecule has 0 radical (unpaired) electrons. The van der Waals surface area contributed by atoms with Gasteiger partial charge < -0.3 is 31.5 Å². The number of aliphatic hydroxyl groups excluding tert-OH is 2. The van der Waals surface area contributed by atoms with Gasteiger partial charge in [0.05, 0.1) is 11.6 Å². The third-order valence-electron chi connectivity index (χ3n) is 7.43. The van der Waals surface area contributed by atoms with Crippen molar-refractivity contribution in [3.05, 3.63) is 51.2 Å². The monoisotopic (exact) mass is 503 g/mol. The number of allylic oxidation sites excluding steroid dienone is 1. The van der Waals surface area contributed by atoms with Crippen LogP contribution in [0.3, 0.4) is 0 Å². The molecular formula is C25H30FN3O7. The lowest BCUT2D eigenvalue weighted by Crippen LogP contribution is -2.63. The van der Waals surface area contributed by atoms with Crippen molar-refractivity contribution >= 4 is 17.5 Å². The van der Waals surface area contributed by atoms with Crippen LogP contribution in [0.4, 0.5) is 4.39 Å². The van der Waals surface area contributed by atoms with E-state index in [4.69, 9.17) is 5.73 Å². The average molecular weight is 504 g/mol. The summed E-state index contributed by atoms with van der Waals surface area (Å²) in [6.07, 6.45) is -0.191. The third kappa shape index (κ3) is 3.53. The quantitative estimate of drug-likeness (QED) is 0.317. The Morgan fingerprint density at radius 3 is 2.47 bits per heavy atom. The molecule has 10 nitrogen and oxygen atoms in total. The molecule has 0 saturated carbocycles. The van der Waals surface area contributed by atoms with Crippen molar-refractivity contribution in [1.82, 2.24) is 10.2 Å². The van der Waals surface area contributed by atoms with Crippen LogP contribution < -0.4 is 11.1 Å². The lowest BCUT2D eigenvalue weighted by atomic mass is 9.58. The summed E-state index contributed by atoms with van der Waals surface area (Å²) in [5, 5.41) is 47.2. The number of aliphatic hydroxyl groups is 3. The van der Waals surface area contributed by atoms with Crippen LogP contribution in [-0.2, 0) is 22.6 Å². The van der Waals surface area contributed by atoms with E-state index in [1.54, 1.807) is 14.1 Å². The fourth-order valence-corrected chi connectivity index (χ4v) is 5.80. The highest BCUT2D eigenvalue weighted by molar-refractivity contribution is 6.24. The second-order valence-electron chi connectivity index (χ2n) is 10.2. The van der Waals surface area contributed by atoms with Gasteiger partial charge in [0.1, 0.15) is 28.7 Å². The van der Waals surface area contributed by atoms with Crippen molar-refractivity contribution in [2.24, 2.45) is 17.6 Å². The van der Waals surface area contributed by atoms with Gasteiger partial charge in [0.15, 0.2) is 11.4 Å². The Labute approximate surface area is 206 Å². The number of nitrogens with zero attached hydrogens (tertiary/aromatic N) is 1. The molecule has 194 valence electrons. The molecule has 1 aromatic rings. The van der Waals surface area contributed by atoms with E-state index in [9.17, 15) is 34.8 Å². The van der Waals surface area contributed by atoms with Crippen molar-refractivity contribution < 1.29 is 39.2 Å². The zero-order valence-corrected chi connectivity index (χ0v) is 20.4. The first-order valence-corrected chi connectivity index (χ1v) is 11.6. The number of nitrogens with one attached hydrogen (secondary N) is 1. The zero-order chi connectivity index (χ0) is 26.9. The van der Waals surface area contributed by atoms with Crippen LogP contribution in [-0.4, -0.2) is 74.6 Å². The molecule has 0 heterocycles. The van der Waals surface area contributed by atoms with Crippen LogP contribution in [0.25, 0.3) is 0 Å². The maximum atomic E-state index is 15.5. The molecule has 3 aliphatic rings. The Hall–Kier alpha value is -3.28. The summed E-state index contributed by atoms with van der Waals surface area (Å²) in [7, 11) is 3.08. The molecule has 0 unspecified atom stereocenters. The first-order chi connectivity index (χ1) is 16.7. The van der Waals surface area contributed by atoms with Gasteiger partial charge in [0.2, 0.25) is 5.78 Å². The highest BCUT2D eigenvalue weighted by Gasteiger charge is 2.63. The Bertz CT molecular complexity index is 1250. The number of phenols is 1. The van der Waals surface area contributed by atoms with E-state index in [2.05, 4.69) is 5.32 Å². The number of Topliss-reactive ketones (excluding diaryl/α,β-unsaturated/α-hetero) is 2. The fraction of sp³-hybridized carbons (Fsp3) is 0.480. The number of primary amides is 1. The first kappa shape index (κ1) is 25.8. The number of rotatable bonds is 5. The van der Waals surface area contributed by atoms with E-state index in [0.29, 0.717) is 0 Å². The summed E-state index contributed by atoms with van der Waals surface area (Å²) >= 11 is 0. The van der Waals surface area contributed by atoms with E-state index in [-0.39, 0.29) is 47.7 Å². The summed E-state index contributed by atoms with van der Waals surface area (Å²) in [5.41, 5.74) is 1.19. The van der Waals surface area contributed by atoms with Crippen molar-refractivity contribution in [3.63, 3.8) is 0 Å². The highest BCUT2D eigenvalue weighted by atomic mass is 19.1. The van der Waals surface area contributed by atoms with E-state index >= 15 is 4.39 Å². The molecule has 0 aliphatic heterocycles. The first-order valence-electron chi connectivity index (χ1n) is 11.6. The van der Waals surface area contributed by atoms with Gasteiger partial charge in [0, 0.05) is 35.2 Å². The SMILES string of the molecule is CC(C)NCc1cc(O)c2c(c1F)C[C@H]1C[C@H]3[C@H](N(C)C)C(O)=C(C(N)=O)C(=O)[C@@]3(O)C(O)=C1C2=O. The fourth-order valence-electron chi connectivity index (χ4n) is 5.80. The van der Waals surface area contributed by atoms with Gasteiger partial charge in [-0.1, -0.05) is 13.8 Å². The molecule has 0 bridgehead atoms. The smallest absolute Gasteiger partial charge is 0.255 e. The third-order valence-corrected chi connectivity index (χ3v) is 7.43. The Morgan fingerprint density at radius 2 is 1.92 bits per heavy atom. The summed E-state index contributed by atoms with van der Waals surface area (Å²) in [5.74, 6) is -8.29. The van der Waals surface area contributed by atoms with E-state index in [1.807, 2.05) is 13.8 Å². The number of amides is 1. The van der Waals surface area contributed by atoms with Crippen molar-refractivity contribution in [1.29, 1.82) is 0 Å². The van der Waals surface area contributed by atoms with Crippen molar-refractivity contribution in [2.75, 3.05) is 14.1 Å². The number of likely N-dealkylation sites (N-methyl/N-ethyl adjacent to an activating group) is 1. The zero-order valence-electron chi connectivity index (χ0n) is 20.4. The molecule has 0 spiro atoms. The number of carbonyl (C=O) groups excluding carboxylic acids is 3. The molecule has 11 heteroatoms. The number of ketones is 2. The molecular weight excluding hydrogens is 473 g/mol. The predicted molar refractivity (Wildman–Crippen MR) is 126 cm³/mol. The molecule has 4 rings (SSSR count). The lowest BCUT2D eigenvalue weighted by Gasteiger charge is -2.50. The minimum atomic E-state index is -2.72. The van der Waals surface area contributed by atoms with Gasteiger partial charge in [-0.15, -0.1) is 0 Å². The second-order valence-corrected chi connectivity index (χ2v) is 10.2. The molecule has 3 aliphatic carbocycles. The van der Waals surface area contributed by atoms with Crippen molar-refractivity contribution in [2.45, 2.75) is 50.9 Å². The highest BCUT2D eigenvalue weighted by Crippen LogP contribution is 2.52. The van der Waals surface area contributed by atoms with E-state index in [0.717, 1.165) is 6.07 Å². The largest absolute Gasteiger partial charge is 0.510 e. The van der Waals surface area contributed by atoms with E-state index < -0.39 is 69.6 Å². The number of hydrogen-bond acceptors (Lipinski definition) is 9. The number of hydrogen-bond donors (Lipinski definition) is 6. The van der Waals surface area contributed by atoms with Crippen molar-refractivity contribution in [3.8, 4) is 5.75 Å². The number of carbonyl (C=O) groups is 3. The Morgan fingerprint density at radius 1 is 1.28 bits per heavy atom. The molecule has 0 fully saturated rings. The maximum absolute atomic E-state index is 15.5. The molecule has 0 aromatic heterocycles. The van der Waals surface area contributed by atoms with Crippen LogP contribution in [0.15, 0.2) is 28.7 Å². The van der Waals surface area contributed by atoms with Gasteiger partial charge in [0.25, 0.3) is 5.91 Å². The number of fused-ring (bicyclic) bond motifs is 3. The summed E-state index contributed by atoms with van der Waals surface area (Å²) in [6, 6.07) is 0.0827. The summed E-state index contributed by atoms with van der Waals surface area (Å²) in [6.45, 7) is 3.87. The van der Waals surface area contributed by atoms with E-state index in [1.165, 1.54) is 4.90 Å². The predicted octanol–water partition coefficient (Wildman–Crippen LogP) is 0.758. The molecule has 7 N–H and O–H groups in total. The van der Waals surface area contributed by atoms with Crippen LogP contribution in [0.5, 0.6) is 5.75 Å². The molecule has 1 aromatic carbocycles. The number of benzene rings is 1. The van der Waals surface area contributed by atoms with Crippen LogP contribution >= 0.6 is 0 Å². The Kier molecular flexibility index (Phi) is 6.22. The second kappa shape index (κ2) is 8.68. The maximum Gasteiger partial charge on any atom is 0.255 e. The van der Waals surface area contributed by atoms with Gasteiger partial charge in [-0.2, -0.15) is 0 Å². The topological polar surface area (TPSA) is 173 Å². The van der Waals surface area contributed by atoms with Crippen LogP contribution in [0.1, 0.15) is 41.8 Å². The summed E-state index contributed by atoms with van der Waals surface area (Å²) in [4.78, 5) is 40.2. The van der Waals surface area contributed by atoms with Crippen LogP contribution in [0.2, 0.25) is 0 Å². The number of aromatic hydroxyl groups is 1. The minimum absolute atomic E-state index is 0.0197. The molecule has 1 amide bonds. The van der Waals surface area contributed by atoms with Gasteiger partial charge >= 0.3 is 0 Å². The molecule has 4 atom stereocenters. The number of nitrogens with two attached hydrogens (primary N) is 1. The normalized spacial score (nSPS) is 27.9. The van der Waals surface area contributed by atoms with Gasteiger partial charge in [-0.25, -0.2) is 4.39 Å². The van der Waals surface area contributed by atoms with Gasteiger partial charge in [-0.05, 0) is 38.9 Å². The average Bonchev–Trinajstić information content (AvgIpc) is 2.77. The molecule has 36 heavy (non-hydrogen) atoms. The number of phenolic OH excluding ortho intramolecular Hbond substituents is 1. The summed E-state index contributed by atoms with van der Waals surface area (Å²) < 4.78 is 15.5.